The maximum absolute atomic E-state index is 13.6. The highest BCUT2D eigenvalue weighted by atomic mass is 19.1. The lowest BCUT2D eigenvalue weighted by atomic mass is 9.91. The molecule has 0 aliphatic heterocycles. The van der Waals surface area contributed by atoms with Crippen LogP contribution in [0.1, 0.15) is 22.6 Å². The second kappa shape index (κ2) is 5.82. The molecule has 0 bridgehead atoms. The zero-order chi connectivity index (χ0) is 14.7. The van der Waals surface area contributed by atoms with Crippen molar-refractivity contribution in [3.8, 4) is 0 Å². The van der Waals surface area contributed by atoms with E-state index in [9.17, 15) is 18.7 Å². The van der Waals surface area contributed by atoms with Gasteiger partial charge in [-0.2, -0.15) is 0 Å². The summed E-state index contributed by atoms with van der Waals surface area (Å²) in [6.07, 6.45) is -0.0814. The molecule has 0 spiro atoms. The van der Waals surface area contributed by atoms with E-state index >= 15 is 0 Å². The van der Waals surface area contributed by atoms with Crippen LogP contribution in [0.4, 0.5) is 8.78 Å². The van der Waals surface area contributed by atoms with E-state index < -0.39 is 23.5 Å². The molecule has 4 heteroatoms. The third-order valence-corrected chi connectivity index (χ3v) is 3.21. The van der Waals surface area contributed by atoms with E-state index in [1.165, 1.54) is 0 Å². The highest BCUT2D eigenvalue weighted by Crippen LogP contribution is 2.23. The number of aryl methyl sites for hydroxylation is 1. The number of hydrogen-bond acceptors (Lipinski definition) is 1. The van der Waals surface area contributed by atoms with Crippen molar-refractivity contribution in [1.82, 2.24) is 0 Å². The van der Waals surface area contributed by atoms with Crippen molar-refractivity contribution in [2.45, 2.75) is 19.3 Å². The van der Waals surface area contributed by atoms with Crippen molar-refractivity contribution in [2.24, 2.45) is 0 Å². The van der Waals surface area contributed by atoms with Gasteiger partial charge in [-0.3, -0.25) is 4.79 Å². The molecule has 0 aromatic heterocycles. The molecular weight excluding hydrogens is 262 g/mol. The Balaban J connectivity index is 2.32. The first kappa shape index (κ1) is 14.2. The summed E-state index contributed by atoms with van der Waals surface area (Å²) in [6.45, 7) is 1.89. The lowest BCUT2D eigenvalue weighted by Gasteiger charge is -2.14. The van der Waals surface area contributed by atoms with Gasteiger partial charge in [-0.05, 0) is 42.7 Å². The largest absolute Gasteiger partial charge is 0.481 e. The Hall–Kier alpha value is -2.23. The number of carboxylic acid groups (broad SMARTS) is 1. The summed E-state index contributed by atoms with van der Waals surface area (Å²) in [5, 5.41) is 9.30. The number of carboxylic acids is 1. The number of benzene rings is 2. The van der Waals surface area contributed by atoms with Gasteiger partial charge in [0.2, 0.25) is 0 Å². The Morgan fingerprint density at radius 2 is 1.80 bits per heavy atom. The van der Waals surface area contributed by atoms with E-state index in [0.717, 1.165) is 23.8 Å². The first-order valence-corrected chi connectivity index (χ1v) is 6.20. The Morgan fingerprint density at radius 1 is 1.15 bits per heavy atom. The highest BCUT2D eigenvalue weighted by Gasteiger charge is 2.22. The maximum atomic E-state index is 13.6. The van der Waals surface area contributed by atoms with Crippen LogP contribution in [0.5, 0.6) is 0 Å². The normalized spacial score (nSPS) is 12.2. The van der Waals surface area contributed by atoms with Gasteiger partial charge in [0.25, 0.3) is 0 Å². The summed E-state index contributed by atoms with van der Waals surface area (Å²) in [6, 6.07) is 10.1. The predicted molar refractivity (Wildman–Crippen MR) is 71.6 cm³/mol. The quantitative estimate of drug-likeness (QED) is 0.924. The van der Waals surface area contributed by atoms with Crippen LogP contribution in [0, 0.1) is 18.6 Å². The van der Waals surface area contributed by atoms with Gasteiger partial charge < -0.3 is 5.11 Å². The molecule has 2 rings (SSSR count). The van der Waals surface area contributed by atoms with Crippen molar-refractivity contribution in [2.75, 3.05) is 0 Å². The van der Waals surface area contributed by atoms with E-state index in [1.54, 1.807) is 24.3 Å². The molecule has 0 saturated carbocycles. The molecular formula is C16H14F2O2. The van der Waals surface area contributed by atoms with Crippen LogP contribution in [0.2, 0.25) is 0 Å². The molecule has 1 N–H and O–H groups in total. The van der Waals surface area contributed by atoms with Crippen molar-refractivity contribution in [1.29, 1.82) is 0 Å². The Kier molecular flexibility index (Phi) is 4.13. The van der Waals surface area contributed by atoms with Crippen molar-refractivity contribution in [3.05, 3.63) is 70.8 Å². The monoisotopic (exact) mass is 276 g/mol. The van der Waals surface area contributed by atoms with Crippen LogP contribution in [-0.4, -0.2) is 11.1 Å². The molecule has 20 heavy (non-hydrogen) atoms. The fourth-order valence-electron chi connectivity index (χ4n) is 2.07. The SMILES string of the molecule is Cc1ccc(C(Cc2cc(F)ccc2F)C(=O)O)cc1. The zero-order valence-electron chi connectivity index (χ0n) is 10.9. The molecule has 0 fully saturated rings. The second-order valence-electron chi connectivity index (χ2n) is 4.74. The highest BCUT2D eigenvalue weighted by molar-refractivity contribution is 5.76. The van der Waals surface area contributed by atoms with Gasteiger partial charge in [-0.15, -0.1) is 0 Å². The van der Waals surface area contributed by atoms with E-state index in [0.29, 0.717) is 5.56 Å². The van der Waals surface area contributed by atoms with Gasteiger partial charge in [0.1, 0.15) is 11.6 Å². The minimum Gasteiger partial charge on any atom is -0.481 e. The molecule has 1 unspecified atom stereocenters. The first-order chi connectivity index (χ1) is 9.47. The van der Waals surface area contributed by atoms with Gasteiger partial charge in [0, 0.05) is 0 Å². The van der Waals surface area contributed by atoms with Gasteiger partial charge in [0.15, 0.2) is 0 Å². The fourth-order valence-corrected chi connectivity index (χ4v) is 2.07. The molecule has 104 valence electrons. The number of hydrogen-bond donors (Lipinski definition) is 1. The molecule has 0 aliphatic carbocycles. The van der Waals surface area contributed by atoms with Crippen LogP contribution in [0.15, 0.2) is 42.5 Å². The van der Waals surface area contributed by atoms with Crippen molar-refractivity contribution >= 4 is 5.97 Å². The van der Waals surface area contributed by atoms with Gasteiger partial charge in [-0.1, -0.05) is 29.8 Å². The van der Waals surface area contributed by atoms with Crippen LogP contribution in [0.25, 0.3) is 0 Å². The van der Waals surface area contributed by atoms with Crippen LogP contribution < -0.4 is 0 Å². The maximum Gasteiger partial charge on any atom is 0.311 e. The van der Waals surface area contributed by atoms with Gasteiger partial charge in [0.05, 0.1) is 5.92 Å². The molecule has 0 heterocycles. The van der Waals surface area contributed by atoms with Gasteiger partial charge >= 0.3 is 5.97 Å². The summed E-state index contributed by atoms with van der Waals surface area (Å²) in [5.41, 5.74) is 1.65. The molecule has 1 atom stereocenters. The molecule has 0 aliphatic rings. The topological polar surface area (TPSA) is 37.3 Å². The molecule has 0 radical (unpaired) electrons. The Bertz CT molecular complexity index is 621. The minimum absolute atomic E-state index is 0.0676. The van der Waals surface area contributed by atoms with E-state index in [4.69, 9.17) is 0 Å². The Morgan fingerprint density at radius 3 is 2.40 bits per heavy atom. The third-order valence-electron chi connectivity index (χ3n) is 3.21. The Labute approximate surface area is 115 Å². The molecule has 2 nitrogen and oxygen atoms in total. The standard InChI is InChI=1S/C16H14F2O2/c1-10-2-4-11(5-3-10)14(16(19)20)9-12-8-13(17)6-7-15(12)18/h2-8,14H,9H2,1H3,(H,19,20). The minimum atomic E-state index is -1.06. The zero-order valence-corrected chi connectivity index (χ0v) is 10.9. The molecule has 2 aromatic rings. The smallest absolute Gasteiger partial charge is 0.311 e. The third kappa shape index (κ3) is 3.20. The summed E-state index contributed by atoms with van der Waals surface area (Å²) in [7, 11) is 0. The van der Waals surface area contributed by atoms with E-state index in [1.807, 2.05) is 6.92 Å². The predicted octanol–water partition coefficient (Wildman–Crippen LogP) is 3.68. The van der Waals surface area contributed by atoms with Gasteiger partial charge in [-0.25, -0.2) is 8.78 Å². The number of aliphatic carboxylic acids is 1. The summed E-state index contributed by atoms with van der Waals surface area (Å²) >= 11 is 0. The molecule has 0 amide bonds. The summed E-state index contributed by atoms with van der Waals surface area (Å²) in [5.74, 6) is -3.12. The van der Waals surface area contributed by atoms with Crippen LogP contribution in [-0.2, 0) is 11.2 Å². The average molecular weight is 276 g/mol. The number of halogens is 2. The number of rotatable bonds is 4. The number of carbonyl (C=O) groups is 1. The van der Waals surface area contributed by atoms with Crippen molar-refractivity contribution in [3.63, 3.8) is 0 Å². The second-order valence-corrected chi connectivity index (χ2v) is 4.74. The first-order valence-electron chi connectivity index (χ1n) is 6.20. The lowest BCUT2D eigenvalue weighted by molar-refractivity contribution is -0.138. The van der Waals surface area contributed by atoms with Crippen LogP contribution >= 0.6 is 0 Å². The lowest BCUT2D eigenvalue weighted by Crippen LogP contribution is -2.15. The van der Waals surface area contributed by atoms with Crippen LogP contribution in [0.3, 0.4) is 0 Å². The molecule has 0 saturated heterocycles. The fraction of sp³-hybridized carbons (Fsp3) is 0.188. The molecule has 2 aromatic carbocycles. The summed E-state index contributed by atoms with van der Waals surface area (Å²) < 4.78 is 26.8. The summed E-state index contributed by atoms with van der Waals surface area (Å²) in [4.78, 5) is 11.4. The van der Waals surface area contributed by atoms with Crippen molar-refractivity contribution < 1.29 is 18.7 Å². The average Bonchev–Trinajstić information content (AvgIpc) is 2.40. The van der Waals surface area contributed by atoms with E-state index in [-0.39, 0.29) is 12.0 Å². The van der Waals surface area contributed by atoms with E-state index in [2.05, 4.69) is 0 Å².